The fourth-order valence-electron chi connectivity index (χ4n) is 3.32. The maximum atomic E-state index is 14.2. The van der Waals surface area contributed by atoms with E-state index in [-0.39, 0.29) is 10.9 Å². The molecule has 0 amide bonds. The van der Waals surface area contributed by atoms with E-state index in [0.29, 0.717) is 23.8 Å². The fourth-order valence-corrected chi connectivity index (χ4v) is 3.48. The van der Waals surface area contributed by atoms with Gasteiger partial charge in [-0.1, -0.05) is 25.7 Å². The molecule has 0 saturated heterocycles. The molecule has 2 nitrogen and oxygen atoms in total. The molecule has 5 heteroatoms. The summed E-state index contributed by atoms with van der Waals surface area (Å²) < 4.78 is 29.5. The molecule has 1 aliphatic carbocycles. The maximum Gasteiger partial charge on any atom is 0.184 e. The molecule has 0 aliphatic heterocycles. The molecule has 1 unspecified atom stereocenters. The average Bonchev–Trinajstić information content (AvgIpc) is 3.08. The van der Waals surface area contributed by atoms with Crippen molar-refractivity contribution in [1.29, 1.82) is 0 Å². The lowest BCUT2D eigenvalue weighted by Crippen LogP contribution is -2.09. The van der Waals surface area contributed by atoms with Crippen LogP contribution in [0.1, 0.15) is 50.2 Å². The van der Waals surface area contributed by atoms with Gasteiger partial charge in [0.25, 0.3) is 0 Å². The van der Waals surface area contributed by atoms with E-state index in [4.69, 9.17) is 11.6 Å². The van der Waals surface area contributed by atoms with Gasteiger partial charge in [0.1, 0.15) is 11.3 Å². The van der Waals surface area contributed by atoms with Crippen LogP contribution < -0.4 is 0 Å². The molecule has 1 aromatic carbocycles. The Hall–Kier alpha value is -1.16. The van der Waals surface area contributed by atoms with E-state index in [1.807, 2.05) is 6.92 Å². The average molecular weight is 313 g/mol. The van der Waals surface area contributed by atoms with Crippen LogP contribution in [0.4, 0.5) is 8.78 Å². The molecule has 0 radical (unpaired) electrons. The van der Waals surface area contributed by atoms with Gasteiger partial charge in [-0.15, -0.1) is 11.6 Å². The Kier molecular flexibility index (Phi) is 4.16. The highest BCUT2D eigenvalue weighted by atomic mass is 35.5. The highest BCUT2D eigenvalue weighted by Gasteiger charge is 2.21. The van der Waals surface area contributed by atoms with E-state index in [9.17, 15) is 8.78 Å². The summed E-state index contributed by atoms with van der Waals surface area (Å²) >= 11 is 6.17. The molecule has 1 atom stereocenters. The van der Waals surface area contributed by atoms with Crippen molar-refractivity contribution in [1.82, 2.24) is 9.55 Å². The van der Waals surface area contributed by atoms with Crippen molar-refractivity contribution in [2.24, 2.45) is 5.92 Å². The molecular weight excluding hydrogens is 294 g/mol. The minimum absolute atomic E-state index is 0.246. The van der Waals surface area contributed by atoms with Crippen LogP contribution in [0.25, 0.3) is 11.0 Å². The second-order valence-electron chi connectivity index (χ2n) is 5.91. The summed E-state index contributed by atoms with van der Waals surface area (Å²) in [5.41, 5.74) is 0.721. The van der Waals surface area contributed by atoms with E-state index in [1.54, 1.807) is 4.57 Å². The SMILES string of the molecule is CC(Cl)c1nc2ccc(F)c(F)c2n1CCC1CCCC1. The van der Waals surface area contributed by atoms with Gasteiger partial charge in [-0.3, -0.25) is 0 Å². The largest absolute Gasteiger partial charge is 0.324 e. The lowest BCUT2D eigenvalue weighted by atomic mass is 10.0. The summed E-state index contributed by atoms with van der Waals surface area (Å²) in [6, 6.07) is 2.64. The van der Waals surface area contributed by atoms with Gasteiger partial charge >= 0.3 is 0 Å². The number of fused-ring (bicyclic) bond motifs is 1. The third-order valence-electron chi connectivity index (χ3n) is 4.42. The summed E-state index contributed by atoms with van der Waals surface area (Å²) in [5, 5.41) is -0.330. The topological polar surface area (TPSA) is 17.8 Å². The third kappa shape index (κ3) is 2.78. The second kappa shape index (κ2) is 5.91. The van der Waals surface area contributed by atoms with Crippen LogP contribution in [0.3, 0.4) is 0 Å². The van der Waals surface area contributed by atoms with Gasteiger partial charge in [-0.05, 0) is 31.4 Å². The molecule has 1 aromatic heterocycles. The van der Waals surface area contributed by atoms with Crippen LogP contribution in [-0.2, 0) is 6.54 Å². The molecule has 0 bridgehead atoms. The van der Waals surface area contributed by atoms with Crippen LogP contribution in [0.2, 0.25) is 0 Å². The predicted octanol–water partition coefficient (Wildman–Crippen LogP) is 5.19. The van der Waals surface area contributed by atoms with Crippen molar-refractivity contribution < 1.29 is 8.78 Å². The number of halogens is 3. The second-order valence-corrected chi connectivity index (χ2v) is 6.56. The molecule has 1 aliphatic rings. The number of rotatable bonds is 4. The van der Waals surface area contributed by atoms with Crippen molar-refractivity contribution in [2.45, 2.75) is 50.9 Å². The monoisotopic (exact) mass is 312 g/mol. The molecule has 3 rings (SSSR count). The lowest BCUT2D eigenvalue weighted by Gasteiger charge is -2.14. The van der Waals surface area contributed by atoms with Crippen molar-refractivity contribution >= 4 is 22.6 Å². The van der Waals surface area contributed by atoms with Crippen LogP contribution in [-0.4, -0.2) is 9.55 Å². The quantitative estimate of drug-likeness (QED) is 0.710. The van der Waals surface area contributed by atoms with Crippen LogP contribution in [0.5, 0.6) is 0 Å². The Bertz CT molecular complexity index is 645. The maximum absolute atomic E-state index is 14.2. The van der Waals surface area contributed by atoms with Gasteiger partial charge in [-0.25, -0.2) is 13.8 Å². The molecule has 1 heterocycles. The summed E-state index contributed by atoms with van der Waals surface area (Å²) in [6.07, 6.45) is 5.98. The van der Waals surface area contributed by atoms with E-state index < -0.39 is 11.6 Å². The Morgan fingerprint density at radius 1 is 1.33 bits per heavy atom. The summed E-state index contributed by atoms with van der Waals surface area (Å²) in [5.74, 6) is -0.361. The molecule has 2 aromatic rings. The molecule has 0 N–H and O–H groups in total. The number of hydrogen-bond donors (Lipinski definition) is 0. The van der Waals surface area contributed by atoms with Gasteiger partial charge < -0.3 is 4.57 Å². The minimum Gasteiger partial charge on any atom is -0.324 e. The van der Waals surface area contributed by atoms with E-state index >= 15 is 0 Å². The van der Waals surface area contributed by atoms with E-state index in [1.165, 1.54) is 31.7 Å². The number of hydrogen-bond acceptors (Lipinski definition) is 1. The van der Waals surface area contributed by atoms with Crippen LogP contribution in [0, 0.1) is 17.6 Å². The van der Waals surface area contributed by atoms with Crippen LogP contribution in [0.15, 0.2) is 12.1 Å². The summed E-state index contributed by atoms with van der Waals surface area (Å²) in [6.45, 7) is 2.46. The highest BCUT2D eigenvalue weighted by Crippen LogP contribution is 2.31. The first-order valence-corrected chi connectivity index (χ1v) is 7.99. The molecule has 1 saturated carbocycles. The molecule has 21 heavy (non-hydrogen) atoms. The van der Waals surface area contributed by atoms with Gasteiger partial charge in [0.05, 0.1) is 10.9 Å². The highest BCUT2D eigenvalue weighted by molar-refractivity contribution is 6.20. The number of alkyl halides is 1. The lowest BCUT2D eigenvalue weighted by molar-refractivity contribution is 0.451. The number of aromatic nitrogens is 2. The first kappa shape index (κ1) is 14.8. The van der Waals surface area contributed by atoms with E-state index in [2.05, 4.69) is 4.98 Å². The standard InChI is InChI=1S/C16H19ClF2N2/c1-10(17)16-20-13-7-6-12(18)14(19)15(13)21(16)9-8-11-4-2-3-5-11/h6-7,10-11H,2-5,8-9H2,1H3. The number of aryl methyl sites for hydroxylation is 1. The predicted molar refractivity (Wildman–Crippen MR) is 80.5 cm³/mol. The summed E-state index contributed by atoms with van der Waals surface area (Å²) in [4.78, 5) is 4.38. The van der Waals surface area contributed by atoms with Crippen molar-refractivity contribution in [3.8, 4) is 0 Å². The Morgan fingerprint density at radius 3 is 2.71 bits per heavy atom. The first-order valence-electron chi connectivity index (χ1n) is 7.56. The van der Waals surface area contributed by atoms with Gasteiger partial charge in [0.2, 0.25) is 0 Å². The minimum atomic E-state index is -0.835. The Balaban J connectivity index is 2.00. The normalized spacial score (nSPS) is 17.7. The smallest absolute Gasteiger partial charge is 0.184 e. The number of benzene rings is 1. The zero-order valence-corrected chi connectivity index (χ0v) is 12.8. The van der Waals surface area contributed by atoms with Crippen molar-refractivity contribution in [3.05, 3.63) is 29.6 Å². The van der Waals surface area contributed by atoms with Crippen LogP contribution >= 0.6 is 11.6 Å². The summed E-state index contributed by atoms with van der Waals surface area (Å²) in [7, 11) is 0. The third-order valence-corrected chi connectivity index (χ3v) is 4.62. The van der Waals surface area contributed by atoms with Gasteiger partial charge in [0, 0.05) is 6.54 Å². The zero-order chi connectivity index (χ0) is 15.0. The number of nitrogens with zero attached hydrogens (tertiary/aromatic N) is 2. The van der Waals surface area contributed by atoms with Crippen molar-refractivity contribution in [2.75, 3.05) is 0 Å². The molecule has 1 fully saturated rings. The Labute approximate surface area is 128 Å². The molecule has 114 valence electrons. The fraction of sp³-hybridized carbons (Fsp3) is 0.562. The van der Waals surface area contributed by atoms with E-state index in [0.717, 1.165) is 12.5 Å². The van der Waals surface area contributed by atoms with Crippen molar-refractivity contribution in [3.63, 3.8) is 0 Å². The Morgan fingerprint density at radius 2 is 2.05 bits per heavy atom. The first-order chi connectivity index (χ1) is 10.1. The number of imidazole rings is 1. The molecule has 0 spiro atoms. The molecular formula is C16H19ClF2N2. The zero-order valence-electron chi connectivity index (χ0n) is 12.1. The van der Waals surface area contributed by atoms with Gasteiger partial charge in [-0.2, -0.15) is 0 Å². The van der Waals surface area contributed by atoms with Gasteiger partial charge in [0.15, 0.2) is 11.6 Å².